The summed E-state index contributed by atoms with van der Waals surface area (Å²) < 4.78 is 8.34. The van der Waals surface area contributed by atoms with Gasteiger partial charge in [0.25, 0.3) is 5.91 Å². The number of aryl methyl sites for hydroxylation is 1. The highest BCUT2D eigenvalue weighted by molar-refractivity contribution is 5.91. The van der Waals surface area contributed by atoms with Gasteiger partial charge in [-0.15, -0.1) is 0 Å². The summed E-state index contributed by atoms with van der Waals surface area (Å²) >= 11 is 0. The van der Waals surface area contributed by atoms with Crippen LogP contribution in [0.5, 0.6) is 0 Å². The van der Waals surface area contributed by atoms with Gasteiger partial charge in [0, 0.05) is 38.1 Å². The SMILES string of the molecule is Cc1cccc([C@H]2c3cccn3CCN2Cc2ccc(C(=O)N3CCCC3)o2)c1. The van der Waals surface area contributed by atoms with Gasteiger partial charge in [-0.25, -0.2) is 0 Å². The molecule has 5 rings (SSSR count). The fraction of sp³-hybridized carbons (Fsp3) is 0.375. The Morgan fingerprint density at radius 3 is 2.72 bits per heavy atom. The largest absolute Gasteiger partial charge is 0.455 e. The Bertz CT molecular complexity index is 1010. The Balaban J connectivity index is 1.40. The monoisotopic (exact) mass is 389 g/mol. The number of carbonyl (C=O) groups excluding carboxylic acids is 1. The summed E-state index contributed by atoms with van der Waals surface area (Å²) in [6.45, 7) is 6.41. The van der Waals surface area contributed by atoms with Crippen LogP contribution in [0.15, 0.2) is 59.1 Å². The highest BCUT2D eigenvalue weighted by atomic mass is 16.4. The Labute approximate surface area is 171 Å². The molecular formula is C24H27N3O2. The van der Waals surface area contributed by atoms with Crippen molar-refractivity contribution < 1.29 is 9.21 Å². The first-order valence-electron chi connectivity index (χ1n) is 10.5. The maximum absolute atomic E-state index is 12.6. The third kappa shape index (κ3) is 3.51. The van der Waals surface area contributed by atoms with Crippen LogP contribution in [0.3, 0.4) is 0 Å². The van der Waals surface area contributed by atoms with Crippen molar-refractivity contribution in [1.29, 1.82) is 0 Å². The fourth-order valence-corrected chi connectivity index (χ4v) is 4.68. The summed E-state index contributed by atoms with van der Waals surface area (Å²) in [4.78, 5) is 17.0. The number of amides is 1. The molecule has 150 valence electrons. The van der Waals surface area contributed by atoms with Crippen molar-refractivity contribution >= 4 is 5.91 Å². The minimum absolute atomic E-state index is 0.0245. The van der Waals surface area contributed by atoms with Crippen LogP contribution in [0.2, 0.25) is 0 Å². The summed E-state index contributed by atoms with van der Waals surface area (Å²) in [5.74, 6) is 1.34. The van der Waals surface area contributed by atoms with Crippen LogP contribution in [0.4, 0.5) is 0 Å². The first kappa shape index (κ1) is 18.3. The summed E-state index contributed by atoms with van der Waals surface area (Å²) in [6, 6.07) is 17.1. The molecule has 2 aromatic heterocycles. The molecule has 0 saturated carbocycles. The Morgan fingerprint density at radius 2 is 1.90 bits per heavy atom. The van der Waals surface area contributed by atoms with Gasteiger partial charge < -0.3 is 13.9 Å². The average Bonchev–Trinajstić information content (AvgIpc) is 3.48. The van der Waals surface area contributed by atoms with E-state index in [2.05, 4.69) is 59.0 Å². The number of furan rings is 1. The number of hydrogen-bond donors (Lipinski definition) is 0. The lowest BCUT2D eigenvalue weighted by Crippen LogP contribution is -2.37. The summed E-state index contributed by atoms with van der Waals surface area (Å²) in [5, 5.41) is 0. The lowest BCUT2D eigenvalue weighted by atomic mass is 9.98. The number of fused-ring (bicyclic) bond motifs is 1. The molecule has 2 aliphatic rings. The van der Waals surface area contributed by atoms with E-state index in [0.717, 1.165) is 44.8 Å². The van der Waals surface area contributed by atoms with E-state index in [1.165, 1.54) is 16.8 Å². The van der Waals surface area contributed by atoms with Crippen LogP contribution in [0.1, 0.15) is 52.0 Å². The van der Waals surface area contributed by atoms with E-state index in [-0.39, 0.29) is 11.9 Å². The molecule has 4 heterocycles. The maximum atomic E-state index is 12.6. The topological polar surface area (TPSA) is 41.6 Å². The predicted molar refractivity (Wildman–Crippen MR) is 112 cm³/mol. The molecule has 3 aromatic rings. The normalized spacial score (nSPS) is 19.5. The Kier molecular flexibility index (Phi) is 4.76. The van der Waals surface area contributed by atoms with Crippen molar-refractivity contribution in [1.82, 2.24) is 14.4 Å². The molecule has 1 saturated heterocycles. The molecule has 0 spiro atoms. The van der Waals surface area contributed by atoms with Gasteiger partial charge in [0.1, 0.15) is 5.76 Å². The Hall–Kier alpha value is -2.79. The van der Waals surface area contributed by atoms with Crippen molar-refractivity contribution in [2.24, 2.45) is 0 Å². The number of benzene rings is 1. The fourth-order valence-electron chi connectivity index (χ4n) is 4.68. The minimum atomic E-state index is 0.0245. The second kappa shape index (κ2) is 7.56. The number of likely N-dealkylation sites (tertiary alicyclic amines) is 1. The highest BCUT2D eigenvalue weighted by Gasteiger charge is 2.30. The van der Waals surface area contributed by atoms with Crippen molar-refractivity contribution in [3.8, 4) is 0 Å². The van der Waals surface area contributed by atoms with Crippen LogP contribution in [0, 0.1) is 6.92 Å². The predicted octanol–water partition coefficient (Wildman–Crippen LogP) is 4.23. The van der Waals surface area contributed by atoms with E-state index >= 15 is 0 Å². The first-order valence-corrected chi connectivity index (χ1v) is 10.5. The van der Waals surface area contributed by atoms with Crippen molar-refractivity contribution in [2.75, 3.05) is 19.6 Å². The molecule has 5 heteroatoms. The molecule has 29 heavy (non-hydrogen) atoms. The van der Waals surface area contributed by atoms with E-state index < -0.39 is 0 Å². The molecule has 1 amide bonds. The van der Waals surface area contributed by atoms with E-state index in [4.69, 9.17) is 4.42 Å². The number of rotatable bonds is 4. The van der Waals surface area contributed by atoms with E-state index in [1.54, 1.807) is 0 Å². The quantitative estimate of drug-likeness (QED) is 0.671. The molecule has 1 atom stereocenters. The lowest BCUT2D eigenvalue weighted by Gasteiger charge is -2.37. The average molecular weight is 389 g/mol. The first-order chi connectivity index (χ1) is 14.2. The van der Waals surface area contributed by atoms with E-state index in [1.807, 2.05) is 17.0 Å². The molecular weight excluding hydrogens is 362 g/mol. The van der Waals surface area contributed by atoms with Crippen molar-refractivity contribution in [3.63, 3.8) is 0 Å². The molecule has 0 aliphatic carbocycles. The molecule has 2 aliphatic heterocycles. The molecule has 5 nitrogen and oxygen atoms in total. The second-order valence-corrected chi connectivity index (χ2v) is 8.18. The molecule has 1 aromatic carbocycles. The zero-order chi connectivity index (χ0) is 19.8. The van der Waals surface area contributed by atoms with Gasteiger partial charge in [-0.05, 0) is 49.6 Å². The van der Waals surface area contributed by atoms with Gasteiger partial charge in [0.2, 0.25) is 0 Å². The van der Waals surface area contributed by atoms with Gasteiger partial charge >= 0.3 is 0 Å². The van der Waals surface area contributed by atoms with Gasteiger partial charge in [-0.3, -0.25) is 9.69 Å². The molecule has 1 fully saturated rings. The van der Waals surface area contributed by atoms with Crippen LogP contribution in [-0.4, -0.2) is 39.9 Å². The zero-order valence-electron chi connectivity index (χ0n) is 16.9. The third-order valence-electron chi connectivity index (χ3n) is 6.12. The van der Waals surface area contributed by atoms with Crippen LogP contribution >= 0.6 is 0 Å². The van der Waals surface area contributed by atoms with Gasteiger partial charge in [0.15, 0.2) is 5.76 Å². The minimum Gasteiger partial charge on any atom is -0.455 e. The van der Waals surface area contributed by atoms with Crippen LogP contribution < -0.4 is 0 Å². The highest BCUT2D eigenvalue weighted by Crippen LogP contribution is 2.34. The Morgan fingerprint density at radius 1 is 1.03 bits per heavy atom. The van der Waals surface area contributed by atoms with Crippen molar-refractivity contribution in [3.05, 3.63) is 83.1 Å². The summed E-state index contributed by atoms with van der Waals surface area (Å²) in [6.07, 6.45) is 4.34. The van der Waals surface area contributed by atoms with Crippen LogP contribution in [-0.2, 0) is 13.1 Å². The molecule has 0 unspecified atom stereocenters. The lowest BCUT2D eigenvalue weighted by molar-refractivity contribution is 0.0755. The zero-order valence-corrected chi connectivity index (χ0v) is 16.9. The van der Waals surface area contributed by atoms with E-state index in [9.17, 15) is 4.79 Å². The second-order valence-electron chi connectivity index (χ2n) is 8.18. The number of aromatic nitrogens is 1. The smallest absolute Gasteiger partial charge is 0.289 e. The summed E-state index contributed by atoms with van der Waals surface area (Å²) in [7, 11) is 0. The van der Waals surface area contributed by atoms with Gasteiger partial charge in [-0.2, -0.15) is 0 Å². The van der Waals surface area contributed by atoms with Gasteiger partial charge in [-0.1, -0.05) is 29.8 Å². The number of nitrogens with zero attached hydrogens (tertiary/aromatic N) is 3. The number of hydrogen-bond acceptors (Lipinski definition) is 3. The van der Waals surface area contributed by atoms with E-state index in [0.29, 0.717) is 12.3 Å². The molecule has 0 bridgehead atoms. The van der Waals surface area contributed by atoms with Crippen LogP contribution in [0.25, 0.3) is 0 Å². The standard InChI is InChI=1S/C24H27N3O2/c1-18-6-4-7-19(16-18)23-21-8-5-13-25(21)14-15-27(23)17-20-9-10-22(29-20)24(28)26-11-2-3-12-26/h4-10,13,16,23H,2-3,11-12,14-15,17H2,1H3/t23-/m0/s1. The molecule has 0 radical (unpaired) electrons. The molecule has 0 N–H and O–H groups in total. The number of carbonyl (C=O) groups is 1. The van der Waals surface area contributed by atoms with Crippen molar-refractivity contribution in [2.45, 2.75) is 38.9 Å². The summed E-state index contributed by atoms with van der Waals surface area (Å²) in [5.41, 5.74) is 3.87. The maximum Gasteiger partial charge on any atom is 0.289 e. The third-order valence-corrected chi connectivity index (χ3v) is 6.12. The van der Waals surface area contributed by atoms with Gasteiger partial charge in [0.05, 0.1) is 12.6 Å².